The van der Waals surface area contributed by atoms with Crippen LogP contribution in [0.15, 0.2) is 71.6 Å². The van der Waals surface area contributed by atoms with Crippen molar-refractivity contribution in [2.75, 3.05) is 12.4 Å². The Labute approximate surface area is 168 Å². The van der Waals surface area contributed by atoms with Crippen LogP contribution in [0.4, 0.5) is 0 Å². The fourth-order valence-corrected chi connectivity index (χ4v) is 3.53. The second-order valence-electron chi connectivity index (χ2n) is 6.25. The molecule has 5 heteroatoms. The zero-order valence-corrected chi connectivity index (χ0v) is 16.7. The minimum Gasteiger partial charge on any atom is -0.494 e. The minimum atomic E-state index is -0.831. The van der Waals surface area contributed by atoms with Crippen molar-refractivity contribution < 1.29 is 19.1 Å². The van der Waals surface area contributed by atoms with Gasteiger partial charge in [0.2, 0.25) is 5.78 Å². The Morgan fingerprint density at radius 2 is 1.68 bits per heavy atom. The standard InChI is InChI=1S/C23H22O4S/c1-3-26-20-11-8-18(9-12-20)23(25)16(2)27-22(24)15-28-21-13-10-17-6-4-5-7-19(17)14-21/h4-14,16H,3,15H2,1-2H3/t16-/m1/s1. The van der Waals surface area contributed by atoms with E-state index in [2.05, 4.69) is 0 Å². The molecule has 0 fully saturated rings. The summed E-state index contributed by atoms with van der Waals surface area (Å²) in [6.45, 7) is 4.06. The number of Topliss-reactive ketones (excluding diaryl/α,β-unsaturated/α-hetero) is 1. The molecule has 0 unspecified atom stereocenters. The monoisotopic (exact) mass is 394 g/mol. The lowest BCUT2D eigenvalue weighted by molar-refractivity contribution is -0.143. The predicted molar refractivity (Wildman–Crippen MR) is 112 cm³/mol. The van der Waals surface area contributed by atoms with Crippen LogP contribution < -0.4 is 4.74 Å². The van der Waals surface area contributed by atoms with E-state index in [0.717, 1.165) is 15.7 Å². The summed E-state index contributed by atoms with van der Waals surface area (Å²) in [5.74, 6) is 0.215. The molecule has 0 N–H and O–H groups in total. The average Bonchev–Trinajstić information content (AvgIpc) is 2.72. The number of ether oxygens (including phenoxy) is 2. The highest BCUT2D eigenvalue weighted by Gasteiger charge is 2.19. The summed E-state index contributed by atoms with van der Waals surface area (Å²) >= 11 is 1.40. The van der Waals surface area contributed by atoms with Crippen LogP contribution in [0.1, 0.15) is 24.2 Å². The molecule has 0 saturated carbocycles. The van der Waals surface area contributed by atoms with E-state index in [1.165, 1.54) is 11.8 Å². The molecular formula is C23H22O4S. The van der Waals surface area contributed by atoms with Crippen molar-refractivity contribution in [3.8, 4) is 5.75 Å². The maximum Gasteiger partial charge on any atom is 0.316 e. The first-order chi connectivity index (χ1) is 13.6. The largest absolute Gasteiger partial charge is 0.494 e. The van der Waals surface area contributed by atoms with Gasteiger partial charge in [-0.1, -0.05) is 30.3 Å². The summed E-state index contributed by atoms with van der Waals surface area (Å²) in [5, 5.41) is 2.28. The molecule has 144 valence electrons. The van der Waals surface area contributed by atoms with E-state index >= 15 is 0 Å². The Bertz CT molecular complexity index is 966. The summed E-state index contributed by atoms with van der Waals surface area (Å²) in [4.78, 5) is 25.6. The quantitative estimate of drug-likeness (QED) is 0.301. The third-order valence-corrected chi connectivity index (χ3v) is 5.17. The number of benzene rings is 3. The van der Waals surface area contributed by atoms with Crippen LogP contribution in [0.3, 0.4) is 0 Å². The zero-order valence-electron chi connectivity index (χ0n) is 15.9. The topological polar surface area (TPSA) is 52.6 Å². The lowest BCUT2D eigenvalue weighted by Gasteiger charge is -2.13. The molecule has 3 aromatic carbocycles. The number of carbonyl (C=O) groups excluding carboxylic acids is 2. The number of fused-ring (bicyclic) bond motifs is 1. The van der Waals surface area contributed by atoms with Crippen LogP contribution in [0.5, 0.6) is 5.75 Å². The molecule has 0 aliphatic heterocycles. The first-order valence-corrected chi connectivity index (χ1v) is 10.1. The molecule has 0 radical (unpaired) electrons. The first kappa shape index (κ1) is 20.0. The third-order valence-electron chi connectivity index (χ3n) is 4.20. The van der Waals surface area contributed by atoms with E-state index in [9.17, 15) is 9.59 Å². The zero-order chi connectivity index (χ0) is 19.9. The minimum absolute atomic E-state index is 0.152. The van der Waals surface area contributed by atoms with E-state index in [4.69, 9.17) is 9.47 Å². The van der Waals surface area contributed by atoms with Gasteiger partial charge in [-0.3, -0.25) is 9.59 Å². The molecule has 0 amide bonds. The van der Waals surface area contributed by atoms with Crippen molar-refractivity contribution in [2.45, 2.75) is 24.8 Å². The SMILES string of the molecule is CCOc1ccc(C(=O)[C@@H](C)OC(=O)CSc2ccc3ccccc3c2)cc1. The number of carbonyl (C=O) groups is 2. The van der Waals surface area contributed by atoms with Gasteiger partial charge in [0.05, 0.1) is 12.4 Å². The van der Waals surface area contributed by atoms with Crippen LogP contribution in [0, 0.1) is 0 Å². The summed E-state index contributed by atoms with van der Waals surface area (Å²) in [7, 11) is 0. The molecule has 28 heavy (non-hydrogen) atoms. The Morgan fingerprint density at radius 1 is 0.964 bits per heavy atom. The molecule has 0 aliphatic rings. The molecular weight excluding hydrogens is 372 g/mol. The van der Waals surface area contributed by atoms with E-state index in [-0.39, 0.29) is 11.5 Å². The van der Waals surface area contributed by atoms with Crippen LogP contribution in [-0.2, 0) is 9.53 Å². The van der Waals surface area contributed by atoms with E-state index in [1.54, 1.807) is 31.2 Å². The lowest BCUT2D eigenvalue weighted by Crippen LogP contribution is -2.25. The van der Waals surface area contributed by atoms with Gasteiger partial charge in [0, 0.05) is 10.5 Å². The van der Waals surface area contributed by atoms with Gasteiger partial charge in [-0.05, 0) is 61.0 Å². The molecule has 0 aromatic heterocycles. The maximum absolute atomic E-state index is 12.4. The number of thioether (sulfide) groups is 1. The highest BCUT2D eigenvalue weighted by Crippen LogP contribution is 2.24. The van der Waals surface area contributed by atoms with E-state index in [1.807, 2.05) is 49.4 Å². The summed E-state index contributed by atoms with van der Waals surface area (Å²) in [6.07, 6.45) is -0.831. The van der Waals surface area contributed by atoms with Crippen molar-refractivity contribution in [2.24, 2.45) is 0 Å². The fourth-order valence-electron chi connectivity index (χ4n) is 2.80. The Morgan fingerprint density at radius 3 is 2.39 bits per heavy atom. The van der Waals surface area contributed by atoms with Crippen LogP contribution in [0.25, 0.3) is 10.8 Å². The van der Waals surface area contributed by atoms with Gasteiger partial charge < -0.3 is 9.47 Å². The van der Waals surface area contributed by atoms with Gasteiger partial charge >= 0.3 is 5.97 Å². The second-order valence-corrected chi connectivity index (χ2v) is 7.30. The van der Waals surface area contributed by atoms with Crippen molar-refractivity contribution in [1.29, 1.82) is 0 Å². The summed E-state index contributed by atoms with van der Waals surface area (Å²) in [6, 6.07) is 21.0. The summed E-state index contributed by atoms with van der Waals surface area (Å²) < 4.78 is 10.7. The molecule has 3 aromatic rings. The van der Waals surface area contributed by atoms with Crippen molar-refractivity contribution >= 4 is 34.3 Å². The first-order valence-electron chi connectivity index (χ1n) is 9.15. The molecule has 3 rings (SSSR count). The second kappa shape index (κ2) is 9.42. The van der Waals surface area contributed by atoms with Crippen molar-refractivity contribution in [1.82, 2.24) is 0 Å². The Hall–Kier alpha value is -2.79. The van der Waals surface area contributed by atoms with Gasteiger partial charge in [-0.2, -0.15) is 0 Å². The Kier molecular flexibility index (Phi) is 6.71. The van der Waals surface area contributed by atoms with Crippen molar-refractivity contribution in [3.63, 3.8) is 0 Å². The highest BCUT2D eigenvalue weighted by molar-refractivity contribution is 8.00. The van der Waals surface area contributed by atoms with Crippen LogP contribution in [-0.4, -0.2) is 30.2 Å². The summed E-state index contributed by atoms with van der Waals surface area (Å²) in [5.41, 5.74) is 0.492. The normalized spacial score (nSPS) is 11.8. The van der Waals surface area contributed by atoms with Gasteiger partial charge in [0.15, 0.2) is 6.10 Å². The van der Waals surface area contributed by atoms with E-state index in [0.29, 0.717) is 17.9 Å². The van der Waals surface area contributed by atoms with Gasteiger partial charge in [-0.15, -0.1) is 11.8 Å². The molecule has 1 atom stereocenters. The van der Waals surface area contributed by atoms with E-state index < -0.39 is 12.1 Å². The van der Waals surface area contributed by atoms with Crippen LogP contribution in [0.2, 0.25) is 0 Å². The molecule has 4 nitrogen and oxygen atoms in total. The number of hydrogen-bond acceptors (Lipinski definition) is 5. The molecule has 0 aliphatic carbocycles. The molecule has 0 saturated heterocycles. The Balaban J connectivity index is 1.53. The number of hydrogen-bond donors (Lipinski definition) is 0. The smallest absolute Gasteiger partial charge is 0.316 e. The van der Waals surface area contributed by atoms with Gasteiger partial charge in [-0.25, -0.2) is 0 Å². The lowest BCUT2D eigenvalue weighted by atomic mass is 10.1. The fraction of sp³-hybridized carbons (Fsp3) is 0.217. The van der Waals surface area contributed by atoms with Gasteiger partial charge in [0.1, 0.15) is 5.75 Å². The third kappa shape index (κ3) is 5.14. The predicted octanol–water partition coefficient (Wildman–Crippen LogP) is 5.15. The number of esters is 1. The number of rotatable bonds is 8. The average molecular weight is 394 g/mol. The van der Waals surface area contributed by atoms with Crippen molar-refractivity contribution in [3.05, 3.63) is 72.3 Å². The number of ketones is 1. The van der Waals surface area contributed by atoms with Crippen LogP contribution >= 0.6 is 11.8 Å². The molecule has 0 bridgehead atoms. The van der Waals surface area contributed by atoms with Gasteiger partial charge in [0.25, 0.3) is 0 Å². The molecule has 0 spiro atoms. The molecule has 0 heterocycles. The highest BCUT2D eigenvalue weighted by atomic mass is 32.2. The maximum atomic E-state index is 12.4.